The minimum Gasteiger partial charge on any atom is -0.351 e. The zero-order valence-electron chi connectivity index (χ0n) is 8.49. The van der Waals surface area contributed by atoms with Crippen molar-refractivity contribution < 1.29 is 4.79 Å². The second kappa shape index (κ2) is 5.39. The fraction of sp³-hybridized carbons (Fsp3) is 0.300. The number of amides is 2. The predicted molar refractivity (Wildman–Crippen MR) is 61.3 cm³/mol. The molecule has 1 heterocycles. The first-order valence-electron chi connectivity index (χ1n) is 4.40. The van der Waals surface area contributed by atoms with Gasteiger partial charge in [0.25, 0.3) is 0 Å². The highest BCUT2D eigenvalue weighted by Crippen LogP contribution is 2.15. The van der Waals surface area contributed by atoms with E-state index in [9.17, 15) is 4.79 Å². The number of rotatable bonds is 2. The maximum absolute atomic E-state index is 10.8. The normalized spacial score (nSPS) is 9.20. The van der Waals surface area contributed by atoms with E-state index in [1.165, 1.54) is 4.90 Å². The molecule has 0 aliphatic heterocycles. The summed E-state index contributed by atoms with van der Waals surface area (Å²) < 4.78 is 0. The molecule has 0 unspecified atom stereocenters. The Morgan fingerprint density at radius 1 is 1.67 bits per heavy atom. The van der Waals surface area contributed by atoms with Gasteiger partial charge in [0.05, 0.1) is 13.1 Å². The second-order valence-electron chi connectivity index (χ2n) is 3.00. The Kier molecular flexibility index (Phi) is 4.16. The Morgan fingerprint density at radius 3 is 3.00 bits per heavy atom. The number of carbonyl (C=O) groups excluding carboxylic acids is 1. The summed E-state index contributed by atoms with van der Waals surface area (Å²) in [4.78, 5) is 13.3. The van der Waals surface area contributed by atoms with Crippen LogP contribution in [0.3, 0.4) is 0 Å². The maximum Gasteiger partial charge on any atom is 0.314 e. The molecule has 2 amide bonds. The van der Waals surface area contributed by atoms with Gasteiger partial charge in [-0.3, -0.25) is 0 Å². The van der Waals surface area contributed by atoms with E-state index in [-0.39, 0.29) is 0 Å². The number of urea groups is 1. The molecule has 1 aromatic heterocycles. The summed E-state index contributed by atoms with van der Waals surface area (Å²) >= 11 is 1.55. The molecule has 80 valence electrons. The van der Waals surface area contributed by atoms with Crippen LogP contribution >= 0.6 is 11.3 Å². The molecule has 1 rings (SSSR count). The van der Waals surface area contributed by atoms with Crippen LogP contribution < -0.4 is 11.5 Å². The summed E-state index contributed by atoms with van der Waals surface area (Å²) in [6.07, 6.45) is 0. The standard InChI is InChI=1S/C10H13N3OS/c1-13(10(12)14)6-9-5-8(7-15-9)3-2-4-11/h5,7H,4,6,11H2,1H3,(H2,12,14). The average molecular weight is 223 g/mol. The van der Waals surface area contributed by atoms with Crippen LogP contribution in [0.25, 0.3) is 0 Å². The van der Waals surface area contributed by atoms with E-state index in [1.807, 2.05) is 11.4 Å². The third kappa shape index (κ3) is 3.62. The number of thiophene rings is 1. The van der Waals surface area contributed by atoms with Crippen LogP contribution in [-0.2, 0) is 6.54 Å². The maximum atomic E-state index is 10.8. The molecule has 4 nitrogen and oxygen atoms in total. The quantitative estimate of drug-likeness (QED) is 0.719. The number of nitrogens with zero attached hydrogens (tertiary/aromatic N) is 1. The molecule has 0 aromatic carbocycles. The molecule has 0 saturated carbocycles. The SMILES string of the molecule is CN(Cc1cc(C#CCN)cs1)C(N)=O. The smallest absolute Gasteiger partial charge is 0.314 e. The lowest BCUT2D eigenvalue weighted by Crippen LogP contribution is -2.31. The number of primary amides is 1. The molecule has 0 fully saturated rings. The summed E-state index contributed by atoms with van der Waals surface area (Å²) in [5.74, 6) is 5.70. The molecule has 5 heteroatoms. The van der Waals surface area contributed by atoms with Crippen LogP contribution in [0.15, 0.2) is 11.4 Å². The zero-order chi connectivity index (χ0) is 11.3. The lowest BCUT2D eigenvalue weighted by Gasteiger charge is -2.11. The Labute approximate surface area is 92.9 Å². The van der Waals surface area contributed by atoms with Crippen molar-refractivity contribution in [2.45, 2.75) is 6.54 Å². The number of carbonyl (C=O) groups is 1. The summed E-state index contributed by atoms with van der Waals surface area (Å²) in [7, 11) is 1.66. The minimum absolute atomic E-state index is 0.354. The van der Waals surface area contributed by atoms with Gasteiger partial charge >= 0.3 is 6.03 Å². The van der Waals surface area contributed by atoms with Crippen LogP contribution in [0.4, 0.5) is 4.79 Å². The highest BCUT2D eigenvalue weighted by atomic mass is 32.1. The summed E-state index contributed by atoms with van der Waals surface area (Å²) in [6.45, 7) is 0.872. The average Bonchev–Trinajstić information content (AvgIpc) is 2.62. The van der Waals surface area contributed by atoms with E-state index >= 15 is 0 Å². The lowest BCUT2D eigenvalue weighted by atomic mass is 10.3. The van der Waals surface area contributed by atoms with Gasteiger partial charge in [-0.15, -0.1) is 11.3 Å². The largest absolute Gasteiger partial charge is 0.351 e. The second-order valence-corrected chi connectivity index (χ2v) is 4.00. The highest BCUT2D eigenvalue weighted by Gasteiger charge is 2.05. The van der Waals surface area contributed by atoms with Crippen molar-refractivity contribution in [3.8, 4) is 11.8 Å². The molecule has 0 saturated heterocycles. The molecule has 0 aliphatic carbocycles. The van der Waals surface area contributed by atoms with E-state index in [1.54, 1.807) is 18.4 Å². The molecule has 0 aliphatic rings. The Balaban J connectivity index is 2.64. The van der Waals surface area contributed by atoms with Crippen LogP contribution in [0, 0.1) is 11.8 Å². The van der Waals surface area contributed by atoms with Crippen molar-refractivity contribution in [2.75, 3.05) is 13.6 Å². The molecule has 15 heavy (non-hydrogen) atoms. The van der Waals surface area contributed by atoms with Gasteiger partial charge in [-0.05, 0) is 6.07 Å². The number of hydrogen-bond donors (Lipinski definition) is 2. The summed E-state index contributed by atoms with van der Waals surface area (Å²) in [5.41, 5.74) is 11.3. The monoisotopic (exact) mass is 223 g/mol. The first-order chi connectivity index (χ1) is 7.13. The highest BCUT2D eigenvalue weighted by molar-refractivity contribution is 7.10. The van der Waals surface area contributed by atoms with Gasteiger partial charge in [0.2, 0.25) is 0 Å². The molecule has 0 atom stereocenters. The third-order valence-corrected chi connectivity index (χ3v) is 2.68. The van der Waals surface area contributed by atoms with Gasteiger partial charge in [0.15, 0.2) is 0 Å². The first-order valence-corrected chi connectivity index (χ1v) is 5.28. The Hall–Kier alpha value is -1.51. The van der Waals surface area contributed by atoms with Crippen molar-refractivity contribution in [3.63, 3.8) is 0 Å². The Morgan fingerprint density at radius 2 is 2.40 bits per heavy atom. The molecule has 0 bridgehead atoms. The third-order valence-electron chi connectivity index (χ3n) is 1.76. The van der Waals surface area contributed by atoms with Crippen molar-refractivity contribution in [2.24, 2.45) is 11.5 Å². The van der Waals surface area contributed by atoms with E-state index in [4.69, 9.17) is 11.5 Å². The van der Waals surface area contributed by atoms with Crippen molar-refractivity contribution >= 4 is 17.4 Å². The van der Waals surface area contributed by atoms with Gasteiger partial charge < -0.3 is 16.4 Å². The number of hydrogen-bond acceptors (Lipinski definition) is 3. The minimum atomic E-state index is -0.432. The van der Waals surface area contributed by atoms with Gasteiger partial charge in [-0.1, -0.05) is 11.8 Å². The Bertz CT molecular complexity index is 402. The van der Waals surface area contributed by atoms with Gasteiger partial charge in [0.1, 0.15) is 0 Å². The van der Waals surface area contributed by atoms with Crippen LogP contribution in [0.1, 0.15) is 10.4 Å². The van der Waals surface area contributed by atoms with Gasteiger partial charge in [0, 0.05) is 22.9 Å². The van der Waals surface area contributed by atoms with Crippen LogP contribution in [0.5, 0.6) is 0 Å². The van der Waals surface area contributed by atoms with Gasteiger partial charge in [-0.25, -0.2) is 4.79 Å². The summed E-state index contributed by atoms with van der Waals surface area (Å²) in [5, 5.41) is 1.94. The van der Waals surface area contributed by atoms with E-state index in [0.717, 1.165) is 10.4 Å². The number of nitrogens with two attached hydrogens (primary N) is 2. The van der Waals surface area contributed by atoms with Crippen molar-refractivity contribution in [3.05, 3.63) is 21.9 Å². The first kappa shape index (κ1) is 11.6. The fourth-order valence-electron chi connectivity index (χ4n) is 0.994. The van der Waals surface area contributed by atoms with Crippen molar-refractivity contribution in [1.82, 2.24) is 4.90 Å². The predicted octanol–water partition coefficient (Wildman–Crippen LogP) is 0.569. The fourth-order valence-corrected chi connectivity index (χ4v) is 1.86. The van der Waals surface area contributed by atoms with E-state index < -0.39 is 6.03 Å². The van der Waals surface area contributed by atoms with Crippen LogP contribution in [-0.4, -0.2) is 24.5 Å². The summed E-state index contributed by atoms with van der Waals surface area (Å²) in [6, 6.07) is 1.50. The van der Waals surface area contributed by atoms with Crippen LogP contribution in [0.2, 0.25) is 0 Å². The topological polar surface area (TPSA) is 72.3 Å². The zero-order valence-corrected chi connectivity index (χ0v) is 9.30. The van der Waals surface area contributed by atoms with Crippen molar-refractivity contribution in [1.29, 1.82) is 0 Å². The molecular weight excluding hydrogens is 210 g/mol. The van der Waals surface area contributed by atoms with Gasteiger partial charge in [-0.2, -0.15) is 0 Å². The van der Waals surface area contributed by atoms with E-state index in [2.05, 4.69) is 11.8 Å². The lowest BCUT2D eigenvalue weighted by molar-refractivity contribution is 0.217. The molecular formula is C10H13N3OS. The molecule has 4 N–H and O–H groups in total. The van der Waals surface area contributed by atoms with E-state index in [0.29, 0.717) is 13.1 Å². The molecule has 0 spiro atoms. The molecule has 0 radical (unpaired) electrons. The molecule has 1 aromatic rings.